The molecule has 1 unspecified atom stereocenters. The molecule has 0 aliphatic carbocycles. The molecule has 2 heterocycles. The van der Waals surface area contributed by atoms with Gasteiger partial charge in [-0.3, -0.25) is 0 Å². The average Bonchev–Trinajstić information content (AvgIpc) is 2.66. The zero-order chi connectivity index (χ0) is 11.4. The van der Waals surface area contributed by atoms with Crippen LogP contribution in [0.1, 0.15) is 19.7 Å². The van der Waals surface area contributed by atoms with Gasteiger partial charge >= 0.3 is 0 Å². The SMILES string of the molecule is CC(C)Cn1cnnc1CC1CNCCO1. The molecule has 16 heavy (non-hydrogen) atoms. The zero-order valence-corrected chi connectivity index (χ0v) is 10.0. The van der Waals surface area contributed by atoms with Gasteiger partial charge in [-0.25, -0.2) is 0 Å². The summed E-state index contributed by atoms with van der Waals surface area (Å²) in [6.07, 6.45) is 2.90. The van der Waals surface area contributed by atoms with E-state index in [9.17, 15) is 0 Å². The van der Waals surface area contributed by atoms with Crippen molar-refractivity contribution < 1.29 is 4.74 Å². The Kier molecular flexibility index (Phi) is 3.90. The van der Waals surface area contributed by atoms with Crippen LogP contribution in [0.4, 0.5) is 0 Å². The second-order valence-corrected chi connectivity index (χ2v) is 4.69. The lowest BCUT2D eigenvalue weighted by atomic mass is 10.2. The van der Waals surface area contributed by atoms with Crippen molar-refractivity contribution in [2.24, 2.45) is 5.92 Å². The van der Waals surface area contributed by atoms with Crippen molar-refractivity contribution in [3.05, 3.63) is 12.2 Å². The van der Waals surface area contributed by atoms with E-state index in [0.717, 1.165) is 38.5 Å². The van der Waals surface area contributed by atoms with E-state index in [-0.39, 0.29) is 6.10 Å². The van der Waals surface area contributed by atoms with E-state index in [0.29, 0.717) is 5.92 Å². The van der Waals surface area contributed by atoms with E-state index in [1.54, 1.807) is 0 Å². The molecule has 1 aliphatic rings. The van der Waals surface area contributed by atoms with Crippen LogP contribution in [-0.4, -0.2) is 40.6 Å². The molecule has 1 aromatic rings. The molecule has 0 radical (unpaired) electrons. The third-order valence-electron chi connectivity index (χ3n) is 2.67. The first-order valence-corrected chi connectivity index (χ1v) is 5.94. The van der Waals surface area contributed by atoms with Gasteiger partial charge in [-0.15, -0.1) is 10.2 Å². The van der Waals surface area contributed by atoms with E-state index in [1.165, 1.54) is 0 Å². The zero-order valence-electron chi connectivity index (χ0n) is 10.0. The Labute approximate surface area is 96.2 Å². The molecule has 1 atom stereocenters. The molecule has 5 heteroatoms. The maximum absolute atomic E-state index is 5.67. The van der Waals surface area contributed by atoms with E-state index in [1.807, 2.05) is 6.33 Å². The minimum Gasteiger partial charge on any atom is -0.375 e. The highest BCUT2D eigenvalue weighted by atomic mass is 16.5. The third-order valence-corrected chi connectivity index (χ3v) is 2.67. The summed E-state index contributed by atoms with van der Waals surface area (Å²) >= 11 is 0. The van der Waals surface area contributed by atoms with Gasteiger partial charge in [0.05, 0.1) is 12.7 Å². The summed E-state index contributed by atoms with van der Waals surface area (Å²) in [5.41, 5.74) is 0. The molecule has 2 rings (SSSR count). The largest absolute Gasteiger partial charge is 0.375 e. The van der Waals surface area contributed by atoms with Crippen molar-refractivity contribution in [3.8, 4) is 0 Å². The average molecular weight is 224 g/mol. The Bertz CT molecular complexity index is 318. The quantitative estimate of drug-likeness (QED) is 0.807. The summed E-state index contributed by atoms with van der Waals surface area (Å²) in [5.74, 6) is 1.64. The fraction of sp³-hybridized carbons (Fsp3) is 0.818. The van der Waals surface area contributed by atoms with Crippen LogP contribution < -0.4 is 5.32 Å². The van der Waals surface area contributed by atoms with Crippen molar-refractivity contribution in [1.82, 2.24) is 20.1 Å². The van der Waals surface area contributed by atoms with Gasteiger partial charge in [0.1, 0.15) is 12.2 Å². The molecule has 1 N–H and O–H groups in total. The van der Waals surface area contributed by atoms with E-state index >= 15 is 0 Å². The predicted octanol–water partition coefficient (Wildman–Crippen LogP) is 0.465. The minimum absolute atomic E-state index is 0.240. The van der Waals surface area contributed by atoms with Crippen molar-refractivity contribution in [1.29, 1.82) is 0 Å². The number of morpholine rings is 1. The molecule has 0 bridgehead atoms. The first-order valence-electron chi connectivity index (χ1n) is 5.94. The Balaban J connectivity index is 1.94. The van der Waals surface area contributed by atoms with Crippen LogP contribution in [0.3, 0.4) is 0 Å². The lowest BCUT2D eigenvalue weighted by Gasteiger charge is -2.23. The number of hydrogen-bond donors (Lipinski definition) is 1. The summed E-state index contributed by atoms with van der Waals surface area (Å²) in [5, 5.41) is 11.5. The number of ether oxygens (including phenoxy) is 1. The minimum atomic E-state index is 0.240. The summed E-state index contributed by atoms with van der Waals surface area (Å²) in [4.78, 5) is 0. The summed E-state index contributed by atoms with van der Waals surface area (Å²) in [6.45, 7) is 8.03. The highest BCUT2D eigenvalue weighted by Crippen LogP contribution is 2.07. The normalized spacial score (nSPS) is 21.6. The molecule has 0 spiro atoms. The van der Waals surface area contributed by atoms with Crippen molar-refractivity contribution >= 4 is 0 Å². The molecule has 1 aromatic heterocycles. The highest BCUT2D eigenvalue weighted by Gasteiger charge is 2.17. The van der Waals surface area contributed by atoms with Crippen molar-refractivity contribution in [3.63, 3.8) is 0 Å². The van der Waals surface area contributed by atoms with E-state index < -0.39 is 0 Å². The lowest BCUT2D eigenvalue weighted by molar-refractivity contribution is 0.0274. The van der Waals surface area contributed by atoms with Crippen LogP contribution in [0.5, 0.6) is 0 Å². The molecule has 1 fully saturated rings. The number of rotatable bonds is 4. The molecular formula is C11H20N4O. The Morgan fingerprint density at radius 3 is 3.19 bits per heavy atom. The number of nitrogens with one attached hydrogen (secondary N) is 1. The number of hydrogen-bond acceptors (Lipinski definition) is 4. The fourth-order valence-electron chi connectivity index (χ4n) is 1.94. The molecule has 0 saturated carbocycles. The van der Waals surface area contributed by atoms with Gasteiger partial charge in [0.15, 0.2) is 0 Å². The maximum Gasteiger partial charge on any atom is 0.135 e. The van der Waals surface area contributed by atoms with Crippen molar-refractivity contribution in [2.45, 2.75) is 32.9 Å². The predicted molar refractivity (Wildman–Crippen MR) is 61.2 cm³/mol. The monoisotopic (exact) mass is 224 g/mol. The van der Waals surface area contributed by atoms with Crippen LogP contribution in [0.15, 0.2) is 6.33 Å². The van der Waals surface area contributed by atoms with Gasteiger partial charge in [0.2, 0.25) is 0 Å². The molecule has 1 saturated heterocycles. The molecule has 90 valence electrons. The number of aromatic nitrogens is 3. The topological polar surface area (TPSA) is 52.0 Å². The highest BCUT2D eigenvalue weighted by molar-refractivity contribution is 4.90. The van der Waals surface area contributed by atoms with Crippen LogP contribution in [-0.2, 0) is 17.7 Å². The van der Waals surface area contributed by atoms with Gasteiger partial charge < -0.3 is 14.6 Å². The van der Waals surface area contributed by atoms with Crippen LogP contribution in [0, 0.1) is 5.92 Å². The molecule has 1 aliphatic heterocycles. The van der Waals surface area contributed by atoms with Gasteiger partial charge in [0, 0.05) is 26.1 Å². The molecule has 5 nitrogen and oxygen atoms in total. The van der Waals surface area contributed by atoms with E-state index in [4.69, 9.17) is 4.74 Å². The lowest BCUT2D eigenvalue weighted by Crippen LogP contribution is -2.40. The number of nitrogens with zero attached hydrogens (tertiary/aromatic N) is 3. The fourth-order valence-corrected chi connectivity index (χ4v) is 1.94. The molecular weight excluding hydrogens is 204 g/mol. The second kappa shape index (κ2) is 5.41. The Hall–Kier alpha value is -0.940. The standard InChI is InChI=1S/C11H20N4O/c1-9(2)7-15-8-13-14-11(15)5-10-6-12-3-4-16-10/h8-10,12H,3-7H2,1-2H3. The van der Waals surface area contributed by atoms with Crippen LogP contribution in [0.25, 0.3) is 0 Å². The van der Waals surface area contributed by atoms with Gasteiger partial charge in [-0.05, 0) is 5.92 Å². The Morgan fingerprint density at radius 1 is 1.62 bits per heavy atom. The second-order valence-electron chi connectivity index (χ2n) is 4.69. The molecule has 0 aromatic carbocycles. The van der Waals surface area contributed by atoms with E-state index in [2.05, 4.69) is 33.9 Å². The molecule has 0 amide bonds. The third kappa shape index (κ3) is 3.02. The Morgan fingerprint density at radius 2 is 2.50 bits per heavy atom. The van der Waals surface area contributed by atoms with Crippen LogP contribution >= 0.6 is 0 Å². The van der Waals surface area contributed by atoms with Crippen molar-refractivity contribution in [2.75, 3.05) is 19.7 Å². The summed E-state index contributed by atoms with van der Waals surface area (Å²) in [6, 6.07) is 0. The summed E-state index contributed by atoms with van der Waals surface area (Å²) < 4.78 is 7.80. The maximum atomic E-state index is 5.67. The smallest absolute Gasteiger partial charge is 0.135 e. The van der Waals surface area contributed by atoms with Gasteiger partial charge in [-0.1, -0.05) is 13.8 Å². The summed E-state index contributed by atoms with van der Waals surface area (Å²) in [7, 11) is 0. The van der Waals surface area contributed by atoms with Gasteiger partial charge in [-0.2, -0.15) is 0 Å². The first kappa shape index (κ1) is 11.5. The van der Waals surface area contributed by atoms with Gasteiger partial charge in [0.25, 0.3) is 0 Å². The van der Waals surface area contributed by atoms with Crippen LogP contribution in [0.2, 0.25) is 0 Å². The first-order chi connectivity index (χ1) is 7.75.